The standard InChI is InChI=1S/C14H25N3/c1-4-12-6-5-7-13(9-12)15-10-14-8-11(2)16-17(14)3/h8,12-13,15H,4-7,9-10H2,1-3H3. The van der Waals surface area contributed by atoms with Crippen LogP contribution in [-0.4, -0.2) is 15.8 Å². The number of hydrogen-bond acceptors (Lipinski definition) is 2. The maximum Gasteiger partial charge on any atom is 0.0597 e. The van der Waals surface area contributed by atoms with E-state index < -0.39 is 0 Å². The lowest BCUT2D eigenvalue weighted by molar-refractivity contribution is 0.277. The van der Waals surface area contributed by atoms with Crippen LogP contribution in [-0.2, 0) is 13.6 Å². The summed E-state index contributed by atoms with van der Waals surface area (Å²) in [5.41, 5.74) is 2.40. The van der Waals surface area contributed by atoms with E-state index in [-0.39, 0.29) is 0 Å². The second-order valence-electron chi connectivity index (χ2n) is 5.42. The molecule has 0 radical (unpaired) electrons. The minimum atomic E-state index is 0.712. The molecule has 1 N–H and O–H groups in total. The normalized spacial score (nSPS) is 25.1. The Morgan fingerprint density at radius 1 is 1.47 bits per heavy atom. The molecule has 1 aliphatic rings. The summed E-state index contributed by atoms with van der Waals surface area (Å²) in [4.78, 5) is 0. The fourth-order valence-electron chi connectivity index (χ4n) is 2.93. The number of nitrogens with one attached hydrogen (secondary N) is 1. The number of aryl methyl sites for hydroxylation is 2. The smallest absolute Gasteiger partial charge is 0.0597 e. The fraction of sp³-hybridized carbons (Fsp3) is 0.786. The van der Waals surface area contributed by atoms with E-state index in [1.807, 2.05) is 11.7 Å². The molecule has 3 heteroatoms. The van der Waals surface area contributed by atoms with Gasteiger partial charge in [0.2, 0.25) is 0 Å². The van der Waals surface area contributed by atoms with Gasteiger partial charge in [-0.15, -0.1) is 0 Å². The molecule has 1 heterocycles. The van der Waals surface area contributed by atoms with Crippen molar-refractivity contribution in [3.8, 4) is 0 Å². The first-order valence-electron chi connectivity index (χ1n) is 6.92. The van der Waals surface area contributed by atoms with Crippen LogP contribution in [0.15, 0.2) is 6.07 Å². The SMILES string of the molecule is CCC1CCCC(NCc2cc(C)nn2C)C1. The third-order valence-electron chi connectivity index (χ3n) is 4.03. The van der Waals surface area contributed by atoms with E-state index in [2.05, 4.69) is 30.3 Å². The second-order valence-corrected chi connectivity index (χ2v) is 5.42. The molecule has 3 nitrogen and oxygen atoms in total. The highest BCUT2D eigenvalue weighted by atomic mass is 15.3. The van der Waals surface area contributed by atoms with E-state index in [4.69, 9.17) is 0 Å². The Labute approximate surface area is 105 Å². The van der Waals surface area contributed by atoms with Crippen LogP contribution in [0.2, 0.25) is 0 Å². The van der Waals surface area contributed by atoms with E-state index in [0.717, 1.165) is 18.2 Å². The lowest BCUT2D eigenvalue weighted by Gasteiger charge is -2.29. The summed E-state index contributed by atoms with van der Waals surface area (Å²) in [6, 6.07) is 2.89. The molecule has 96 valence electrons. The molecule has 1 aromatic rings. The van der Waals surface area contributed by atoms with Crippen LogP contribution in [0.3, 0.4) is 0 Å². The molecule has 0 bridgehead atoms. The van der Waals surface area contributed by atoms with Crippen molar-refractivity contribution in [3.63, 3.8) is 0 Å². The molecule has 0 aliphatic heterocycles. The van der Waals surface area contributed by atoms with Gasteiger partial charge in [0.1, 0.15) is 0 Å². The highest BCUT2D eigenvalue weighted by molar-refractivity contribution is 5.08. The van der Waals surface area contributed by atoms with Gasteiger partial charge in [0.05, 0.1) is 11.4 Å². The number of rotatable bonds is 4. The monoisotopic (exact) mass is 235 g/mol. The van der Waals surface area contributed by atoms with Crippen molar-refractivity contribution in [2.24, 2.45) is 13.0 Å². The zero-order valence-electron chi connectivity index (χ0n) is 11.4. The molecule has 1 aromatic heterocycles. The molecular weight excluding hydrogens is 210 g/mol. The average molecular weight is 235 g/mol. The first-order chi connectivity index (χ1) is 8.19. The van der Waals surface area contributed by atoms with Crippen molar-refractivity contribution < 1.29 is 0 Å². The predicted molar refractivity (Wildman–Crippen MR) is 70.8 cm³/mol. The number of hydrogen-bond donors (Lipinski definition) is 1. The minimum absolute atomic E-state index is 0.712. The van der Waals surface area contributed by atoms with Crippen LogP contribution in [0.25, 0.3) is 0 Å². The van der Waals surface area contributed by atoms with Crippen molar-refractivity contribution in [1.29, 1.82) is 0 Å². The molecule has 1 saturated carbocycles. The van der Waals surface area contributed by atoms with Crippen LogP contribution in [0, 0.1) is 12.8 Å². The zero-order chi connectivity index (χ0) is 12.3. The molecule has 0 spiro atoms. The van der Waals surface area contributed by atoms with Gasteiger partial charge in [-0.2, -0.15) is 5.10 Å². The molecular formula is C14H25N3. The molecule has 1 aliphatic carbocycles. The van der Waals surface area contributed by atoms with Gasteiger partial charge in [-0.1, -0.05) is 26.2 Å². The van der Waals surface area contributed by atoms with Crippen LogP contribution in [0.1, 0.15) is 50.4 Å². The highest BCUT2D eigenvalue weighted by Gasteiger charge is 2.20. The van der Waals surface area contributed by atoms with Crippen molar-refractivity contribution in [2.45, 2.75) is 58.5 Å². The van der Waals surface area contributed by atoms with Crippen LogP contribution >= 0.6 is 0 Å². The van der Waals surface area contributed by atoms with E-state index in [1.165, 1.54) is 37.8 Å². The van der Waals surface area contributed by atoms with E-state index in [0.29, 0.717) is 6.04 Å². The summed E-state index contributed by atoms with van der Waals surface area (Å²) in [5.74, 6) is 0.939. The first-order valence-corrected chi connectivity index (χ1v) is 6.92. The van der Waals surface area contributed by atoms with Crippen LogP contribution in [0.4, 0.5) is 0 Å². The van der Waals surface area contributed by atoms with Crippen LogP contribution in [0.5, 0.6) is 0 Å². The van der Waals surface area contributed by atoms with E-state index in [1.54, 1.807) is 0 Å². The van der Waals surface area contributed by atoms with Crippen molar-refractivity contribution in [3.05, 3.63) is 17.5 Å². The van der Waals surface area contributed by atoms with Gasteiger partial charge >= 0.3 is 0 Å². The third kappa shape index (κ3) is 3.32. The second kappa shape index (κ2) is 5.67. The first kappa shape index (κ1) is 12.6. The lowest BCUT2D eigenvalue weighted by atomic mass is 9.84. The van der Waals surface area contributed by atoms with Crippen LogP contribution < -0.4 is 5.32 Å². The van der Waals surface area contributed by atoms with E-state index in [9.17, 15) is 0 Å². The summed E-state index contributed by atoms with van der Waals surface area (Å²) in [6.07, 6.45) is 6.85. The van der Waals surface area contributed by atoms with Gasteiger partial charge in [-0.05, 0) is 31.7 Å². The van der Waals surface area contributed by atoms with Crippen molar-refractivity contribution in [1.82, 2.24) is 15.1 Å². The van der Waals surface area contributed by atoms with Crippen molar-refractivity contribution >= 4 is 0 Å². The summed E-state index contributed by atoms with van der Waals surface area (Å²) in [6.45, 7) is 5.33. The van der Waals surface area contributed by atoms with Gasteiger partial charge in [0, 0.05) is 19.6 Å². The average Bonchev–Trinajstić information content (AvgIpc) is 2.65. The molecule has 17 heavy (non-hydrogen) atoms. The van der Waals surface area contributed by atoms with Gasteiger partial charge in [-0.25, -0.2) is 0 Å². The molecule has 0 aromatic carbocycles. The summed E-state index contributed by atoms with van der Waals surface area (Å²) < 4.78 is 1.99. The minimum Gasteiger partial charge on any atom is -0.308 e. The van der Waals surface area contributed by atoms with Gasteiger partial charge in [0.15, 0.2) is 0 Å². The Morgan fingerprint density at radius 3 is 2.94 bits per heavy atom. The van der Waals surface area contributed by atoms with Crippen molar-refractivity contribution in [2.75, 3.05) is 0 Å². The molecule has 1 fully saturated rings. The maximum absolute atomic E-state index is 4.38. The van der Waals surface area contributed by atoms with Gasteiger partial charge in [-0.3, -0.25) is 4.68 Å². The zero-order valence-corrected chi connectivity index (χ0v) is 11.4. The largest absolute Gasteiger partial charge is 0.308 e. The molecule has 2 unspecified atom stereocenters. The Balaban J connectivity index is 1.83. The Bertz CT molecular complexity index is 356. The van der Waals surface area contributed by atoms with Gasteiger partial charge < -0.3 is 5.32 Å². The molecule has 2 atom stereocenters. The van der Waals surface area contributed by atoms with E-state index >= 15 is 0 Å². The maximum atomic E-state index is 4.38. The molecule has 0 saturated heterocycles. The Hall–Kier alpha value is -0.830. The quantitative estimate of drug-likeness (QED) is 0.869. The molecule has 2 rings (SSSR count). The summed E-state index contributed by atoms with van der Waals surface area (Å²) in [5, 5.41) is 8.08. The highest BCUT2D eigenvalue weighted by Crippen LogP contribution is 2.26. The lowest BCUT2D eigenvalue weighted by Crippen LogP contribution is -2.34. The fourth-order valence-corrected chi connectivity index (χ4v) is 2.93. The predicted octanol–water partition coefficient (Wildman–Crippen LogP) is 2.79. The topological polar surface area (TPSA) is 29.9 Å². The number of nitrogens with zero attached hydrogens (tertiary/aromatic N) is 2. The Morgan fingerprint density at radius 2 is 2.29 bits per heavy atom. The molecule has 0 amide bonds. The Kier molecular flexibility index (Phi) is 4.21. The summed E-state index contributed by atoms with van der Waals surface area (Å²) in [7, 11) is 2.03. The third-order valence-corrected chi connectivity index (χ3v) is 4.03. The number of aromatic nitrogens is 2. The van der Waals surface area contributed by atoms with Gasteiger partial charge in [0.25, 0.3) is 0 Å². The summed E-state index contributed by atoms with van der Waals surface area (Å²) >= 11 is 0.